The molecule has 1 aromatic rings. The number of nitrogens with zero attached hydrogens (tertiary/aromatic N) is 3. The van der Waals surface area contributed by atoms with Crippen molar-refractivity contribution in [1.82, 2.24) is 9.21 Å². The second-order valence-corrected chi connectivity index (χ2v) is 8.05. The van der Waals surface area contributed by atoms with Crippen LogP contribution < -0.4 is 0 Å². The van der Waals surface area contributed by atoms with Crippen LogP contribution in [0.5, 0.6) is 0 Å². The van der Waals surface area contributed by atoms with E-state index in [0.29, 0.717) is 0 Å². The van der Waals surface area contributed by atoms with Gasteiger partial charge in [-0.05, 0) is 33.8 Å². The van der Waals surface area contributed by atoms with E-state index in [1.54, 1.807) is 4.90 Å². The fourth-order valence-corrected chi connectivity index (χ4v) is 3.63. The predicted molar refractivity (Wildman–Crippen MR) is 90.0 cm³/mol. The van der Waals surface area contributed by atoms with Crippen LogP contribution in [0.1, 0.15) is 27.7 Å². The number of hydrogen-bond donors (Lipinski definition) is 0. The zero-order chi connectivity index (χ0) is 18.7. The van der Waals surface area contributed by atoms with Gasteiger partial charge in [0.15, 0.2) is 0 Å². The highest BCUT2D eigenvalue weighted by atomic mass is 32.2. The zero-order valence-corrected chi connectivity index (χ0v) is 15.3. The smallest absolute Gasteiger partial charge is 0.270 e. The van der Waals surface area contributed by atoms with Crippen molar-refractivity contribution in [3.05, 3.63) is 34.4 Å². The highest BCUT2D eigenvalue weighted by Crippen LogP contribution is 2.20. The minimum absolute atomic E-state index is 0.0635. The number of likely N-dealkylation sites (N-methyl/N-ethyl adjacent to an activating group) is 1. The van der Waals surface area contributed by atoms with Crippen LogP contribution >= 0.6 is 0 Å². The first kappa shape index (κ1) is 20.0. The summed E-state index contributed by atoms with van der Waals surface area (Å²) in [5, 5.41) is 10.8. The lowest BCUT2D eigenvalue weighted by molar-refractivity contribution is -0.385. The van der Waals surface area contributed by atoms with Gasteiger partial charge in [-0.15, -0.1) is 0 Å². The van der Waals surface area contributed by atoms with Crippen molar-refractivity contribution in [3.63, 3.8) is 0 Å². The van der Waals surface area contributed by atoms with Gasteiger partial charge < -0.3 is 4.90 Å². The van der Waals surface area contributed by atoms with Crippen molar-refractivity contribution < 1.29 is 18.1 Å². The Morgan fingerprint density at radius 1 is 1.21 bits per heavy atom. The number of amides is 1. The lowest BCUT2D eigenvalue weighted by Gasteiger charge is -2.32. The van der Waals surface area contributed by atoms with Gasteiger partial charge in [-0.2, -0.15) is 4.31 Å². The van der Waals surface area contributed by atoms with Gasteiger partial charge >= 0.3 is 0 Å². The summed E-state index contributed by atoms with van der Waals surface area (Å²) in [5.41, 5.74) is -0.318. The molecule has 1 aromatic carbocycles. The summed E-state index contributed by atoms with van der Waals surface area (Å²) in [6.07, 6.45) is 0. The topological polar surface area (TPSA) is 101 Å². The largest absolute Gasteiger partial charge is 0.337 e. The predicted octanol–water partition coefficient (Wildman–Crippen LogP) is 1.86. The van der Waals surface area contributed by atoms with E-state index in [-0.39, 0.29) is 35.1 Å². The van der Waals surface area contributed by atoms with Crippen LogP contribution in [0.25, 0.3) is 0 Å². The second-order valence-electron chi connectivity index (χ2n) is 6.00. The number of benzene rings is 1. The zero-order valence-electron chi connectivity index (χ0n) is 14.5. The number of rotatable bonds is 7. The van der Waals surface area contributed by atoms with Crippen LogP contribution in [0.2, 0.25) is 0 Å². The van der Waals surface area contributed by atoms with Crippen LogP contribution in [0.4, 0.5) is 5.69 Å². The number of nitro benzene ring substituents is 1. The van der Waals surface area contributed by atoms with E-state index in [4.69, 9.17) is 0 Å². The number of hydrogen-bond acceptors (Lipinski definition) is 5. The summed E-state index contributed by atoms with van der Waals surface area (Å²) >= 11 is 0. The Balaban J connectivity index is 3.05. The van der Waals surface area contributed by atoms with Gasteiger partial charge in [-0.25, -0.2) is 8.42 Å². The van der Waals surface area contributed by atoms with Crippen molar-refractivity contribution in [2.75, 3.05) is 13.6 Å². The molecule has 1 rings (SSSR count). The van der Waals surface area contributed by atoms with E-state index in [1.165, 1.54) is 25.2 Å². The van der Waals surface area contributed by atoms with E-state index in [1.807, 2.05) is 27.7 Å². The first-order valence-corrected chi connectivity index (χ1v) is 8.94. The summed E-state index contributed by atoms with van der Waals surface area (Å²) in [6.45, 7) is 7.08. The van der Waals surface area contributed by atoms with E-state index >= 15 is 0 Å². The van der Waals surface area contributed by atoms with Gasteiger partial charge in [0.1, 0.15) is 0 Å². The number of sulfonamides is 1. The van der Waals surface area contributed by atoms with Crippen LogP contribution in [0.15, 0.2) is 29.2 Å². The Kier molecular flexibility index (Phi) is 6.44. The lowest BCUT2D eigenvalue weighted by Crippen LogP contribution is -2.47. The maximum atomic E-state index is 12.5. The molecule has 0 saturated heterocycles. The summed E-state index contributed by atoms with van der Waals surface area (Å²) in [4.78, 5) is 23.9. The summed E-state index contributed by atoms with van der Waals surface area (Å²) in [7, 11) is -2.71. The second kappa shape index (κ2) is 7.71. The average Bonchev–Trinajstić information content (AvgIpc) is 2.46. The Bertz CT molecular complexity index is 708. The molecular weight excluding hydrogens is 334 g/mol. The molecule has 0 bridgehead atoms. The summed E-state index contributed by atoms with van der Waals surface area (Å²) < 4.78 is 26.0. The Morgan fingerprint density at radius 3 is 2.21 bits per heavy atom. The molecule has 0 saturated carbocycles. The van der Waals surface area contributed by atoms with Crippen molar-refractivity contribution in [1.29, 1.82) is 0 Å². The molecule has 0 N–H and O–H groups in total. The first-order chi connectivity index (χ1) is 11.0. The van der Waals surface area contributed by atoms with E-state index in [2.05, 4.69) is 0 Å². The van der Waals surface area contributed by atoms with Crippen molar-refractivity contribution >= 4 is 21.6 Å². The maximum absolute atomic E-state index is 12.5. The fraction of sp³-hybridized carbons (Fsp3) is 0.533. The molecule has 0 fully saturated rings. The van der Waals surface area contributed by atoms with Crippen LogP contribution in [0.3, 0.4) is 0 Å². The quantitative estimate of drug-likeness (QED) is 0.547. The van der Waals surface area contributed by atoms with Crippen LogP contribution in [0, 0.1) is 10.1 Å². The first-order valence-electron chi connectivity index (χ1n) is 7.50. The molecule has 0 atom stereocenters. The number of carbonyl (C=O) groups excluding carboxylic acids is 1. The third-order valence-electron chi connectivity index (χ3n) is 3.50. The fourth-order valence-electron chi connectivity index (χ4n) is 2.47. The third kappa shape index (κ3) is 4.51. The van der Waals surface area contributed by atoms with Crippen LogP contribution in [-0.4, -0.2) is 54.1 Å². The van der Waals surface area contributed by atoms with E-state index < -0.39 is 14.9 Å². The molecule has 0 aliphatic rings. The molecule has 0 aliphatic carbocycles. The molecule has 0 aliphatic heterocycles. The minimum Gasteiger partial charge on any atom is -0.337 e. The SMILES string of the molecule is CC(C)N(C(=O)CN(C)S(=O)(=O)c1cccc([N+](=O)[O-])c1)C(C)C. The molecular formula is C15H23N3O5S. The van der Waals surface area contributed by atoms with Crippen LogP contribution in [-0.2, 0) is 14.8 Å². The van der Waals surface area contributed by atoms with Gasteiger partial charge in [-0.1, -0.05) is 6.07 Å². The Labute approximate surface area is 142 Å². The molecule has 9 heteroatoms. The molecule has 1 amide bonds. The lowest BCUT2D eigenvalue weighted by atomic mass is 10.2. The normalized spacial score (nSPS) is 12.0. The maximum Gasteiger partial charge on any atom is 0.270 e. The van der Waals surface area contributed by atoms with Crippen molar-refractivity contribution in [2.24, 2.45) is 0 Å². The number of carbonyl (C=O) groups is 1. The number of nitro groups is 1. The van der Waals surface area contributed by atoms with Gasteiger partial charge in [0.25, 0.3) is 5.69 Å². The Hall–Kier alpha value is -2.00. The van der Waals surface area contributed by atoms with Gasteiger partial charge in [0, 0.05) is 31.3 Å². The van der Waals surface area contributed by atoms with Crippen molar-refractivity contribution in [2.45, 2.75) is 44.7 Å². The Morgan fingerprint density at radius 2 is 1.75 bits per heavy atom. The van der Waals surface area contributed by atoms with Crippen molar-refractivity contribution in [3.8, 4) is 0 Å². The molecule has 0 unspecified atom stereocenters. The molecule has 24 heavy (non-hydrogen) atoms. The molecule has 0 aromatic heterocycles. The number of non-ortho nitro benzene ring substituents is 1. The molecule has 0 radical (unpaired) electrons. The third-order valence-corrected chi connectivity index (χ3v) is 5.29. The van der Waals surface area contributed by atoms with Gasteiger partial charge in [0.05, 0.1) is 16.4 Å². The van der Waals surface area contributed by atoms with Gasteiger partial charge in [-0.3, -0.25) is 14.9 Å². The summed E-state index contributed by atoms with van der Waals surface area (Å²) in [6, 6.07) is 4.64. The highest BCUT2D eigenvalue weighted by Gasteiger charge is 2.28. The van der Waals surface area contributed by atoms with E-state index in [9.17, 15) is 23.3 Å². The van der Waals surface area contributed by atoms with E-state index in [0.717, 1.165) is 10.4 Å². The van der Waals surface area contributed by atoms with Gasteiger partial charge in [0.2, 0.25) is 15.9 Å². The minimum atomic E-state index is -3.99. The highest BCUT2D eigenvalue weighted by molar-refractivity contribution is 7.89. The summed E-state index contributed by atoms with van der Waals surface area (Å²) in [5.74, 6) is -0.323. The molecule has 0 heterocycles. The molecule has 8 nitrogen and oxygen atoms in total. The standard InChI is InChI=1S/C15H23N3O5S/c1-11(2)17(12(3)4)15(19)10-16(5)24(22,23)14-8-6-7-13(9-14)18(20)21/h6-9,11-12H,10H2,1-5H3. The molecule has 0 spiro atoms. The monoisotopic (exact) mass is 357 g/mol. The average molecular weight is 357 g/mol. The molecule has 134 valence electrons.